The van der Waals surface area contributed by atoms with E-state index in [9.17, 15) is 4.79 Å². The molecule has 4 nitrogen and oxygen atoms in total. The second kappa shape index (κ2) is 2.62. The van der Waals surface area contributed by atoms with Crippen LogP contribution >= 0.6 is 0 Å². The largest absolute Gasteiger partial charge is 0.297 e. The van der Waals surface area contributed by atoms with Gasteiger partial charge in [-0.3, -0.25) is 15.4 Å². The summed E-state index contributed by atoms with van der Waals surface area (Å²) in [5, 5.41) is 7.65. The van der Waals surface area contributed by atoms with Crippen molar-refractivity contribution in [1.29, 1.82) is 0 Å². The molecule has 36 valence electrons. The molecule has 0 unspecified atom stereocenters. The predicted molar refractivity (Wildman–Crippen MR) is 18.7 cm³/mol. The molecule has 0 fully saturated rings. The Morgan fingerprint density at radius 1 is 1.83 bits per heavy atom. The van der Waals surface area contributed by atoms with E-state index in [1.807, 2.05) is 5.43 Å². The smallest absolute Gasteiger partial charge is 0.232 e. The number of carbonyl (C=O) groups is 1. The minimum atomic E-state index is -0.322. The lowest BCUT2D eigenvalue weighted by atomic mass is 10.8. The molecule has 0 saturated heterocycles. The van der Waals surface area contributed by atoms with Gasteiger partial charge in [0.25, 0.3) is 0 Å². The first-order valence-electron chi connectivity index (χ1n) is 1.43. The zero-order chi connectivity index (χ0) is 4.99. The molecule has 0 radical (unpaired) electrons. The summed E-state index contributed by atoms with van der Waals surface area (Å²) in [6.07, 6.45) is 0. The molecule has 0 aliphatic carbocycles. The van der Waals surface area contributed by atoms with Crippen LogP contribution in [-0.4, -0.2) is 11.1 Å². The molecule has 3 N–H and O–H groups in total. The maximum Gasteiger partial charge on any atom is 0.232 e. The Balaban J connectivity index is 2.83. The van der Waals surface area contributed by atoms with E-state index < -0.39 is 0 Å². The van der Waals surface area contributed by atoms with Gasteiger partial charge in [0.05, 0.1) is 0 Å². The van der Waals surface area contributed by atoms with Crippen LogP contribution in [-0.2, 0) is 4.79 Å². The summed E-state index contributed by atoms with van der Waals surface area (Å²) in [6.45, 7) is 1.28. The summed E-state index contributed by atoms with van der Waals surface area (Å²) < 4.78 is 0. The van der Waals surface area contributed by atoms with Crippen LogP contribution < -0.4 is 11.0 Å². The molecule has 4 heteroatoms. The first kappa shape index (κ1) is 5.39. The summed E-state index contributed by atoms with van der Waals surface area (Å²) in [5.74, 6) is -0.322. The highest BCUT2D eigenvalue weighted by Crippen LogP contribution is 1.45. The van der Waals surface area contributed by atoms with Crippen LogP contribution in [0.4, 0.5) is 0 Å². The highest BCUT2D eigenvalue weighted by molar-refractivity contribution is 5.71. The number of hydrogen-bond donors (Lipinski definition) is 3. The van der Waals surface area contributed by atoms with E-state index in [0.29, 0.717) is 0 Å². The van der Waals surface area contributed by atoms with Crippen molar-refractivity contribution in [2.75, 3.05) is 0 Å². The van der Waals surface area contributed by atoms with E-state index in [1.54, 1.807) is 0 Å². The van der Waals surface area contributed by atoms with Crippen LogP contribution in [0.5, 0.6) is 0 Å². The standard InChI is InChI=1S/C2H6N2O2/c1-2(5)3-4-6/h4,6H,1H3,(H,3,5). The maximum atomic E-state index is 9.71. The molecule has 0 aromatic heterocycles. The Kier molecular flexibility index (Phi) is 2.35. The third kappa shape index (κ3) is 3.39. The maximum absolute atomic E-state index is 9.71. The van der Waals surface area contributed by atoms with Crippen molar-refractivity contribution in [2.45, 2.75) is 6.92 Å². The Morgan fingerprint density at radius 2 is 2.33 bits per heavy atom. The highest BCUT2D eigenvalue weighted by Gasteiger charge is 1.79. The van der Waals surface area contributed by atoms with Gasteiger partial charge in [-0.05, 0) is 0 Å². The predicted octanol–water partition coefficient (Wildman–Crippen LogP) is -0.984. The highest BCUT2D eigenvalue weighted by atomic mass is 16.5. The average Bonchev–Trinajstić information content (AvgIpc) is 1.35. The fourth-order valence-electron chi connectivity index (χ4n) is 0.0787. The second-order valence-corrected chi connectivity index (χ2v) is 0.793. The molecule has 0 atom stereocenters. The minimum Gasteiger partial charge on any atom is -0.297 e. The van der Waals surface area contributed by atoms with E-state index in [0.717, 1.165) is 0 Å². The van der Waals surface area contributed by atoms with Crippen LogP contribution in [0.15, 0.2) is 0 Å². The molecule has 0 bridgehead atoms. The first-order chi connectivity index (χ1) is 2.77. The molecule has 0 aromatic carbocycles. The van der Waals surface area contributed by atoms with Crippen LogP contribution in [0.1, 0.15) is 6.92 Å². The second-order valence-electron chi connectivity index (χ2n) is 0.793. The Bertz CT molecular complexity index is 53.5. The number of hydrazine groups is 1. The number of hydrogen-bond acceptors (Lipinski definition) is 3. The SMILES string of the molecule is CC(=O)NNO. The summed E-state index contributed by atoms with van der Waals surface area (Å²) in [6, 6.07) is 0. The van der Waals surface area contributed by atoms with Gasteiger partial charge in [-0.1, -0.05) is 0 Å². The zero-order valence-electron chi connectivity index (χ0n) is 3.36. The lowest BCUT2D eigenvalue weighted by Crippen LogP contribution is -2.32. The first-order valence-corrected chi connectivity index (χ1v) is 1.43. The van der Waals surface area contributed by atoms with Crippen LogP contribution in [0.3, 0.4) is 0 Å². The van der Waals surface area contributed by atoms with Crippen molar-refractivity contribution in [3.8, 4) is 0 Å². The molecule has 0 spiro atoms. The van der Waals surface area contributed by atoms with Crippen molar-refractivity contribution in [3.05, 3.63) is 0 Å². The Hall–Kier alpha value is -0.610. The number of rotatable bonds is 1. The van der Waals surface area contributed by atoms with Crippen LogP contribution in [0, 0.1) is 0 Å². The van der Waals surface area contributed by atoms with E-state index >= 15 is 0 Å². The molecule has 0 aliphatic rings. The van der Waals surface area contributed by atoms with E-state index in [4.69, 9.17) is 5.21 Å². The van der Waals surface area contributed by atoms with Crippen LogP contribution in [0.25, 0.3) is 0 Å². The zero-order valence-corrected chi connectivity index (χ0v) is 3.36. The molecular formula is C2H6N2O2. The van der Waals surface area contributed by atoms with Gasteiger partial charge >= 0.3 is 0 Å². The fraction of sp³-hybridized carbons (Fsp3) is 0.500. The lowest BCUT2D eigenvalue weighted by molar-refractivity contribution is -0.122. The topological polar surface area (TPSA) is 61.4 Å². The number of amides is 1. The minimum absolute atomic E-state index is 0.322. The van der Waals surface area contributed by atoms with Gasteiger partial charge in [0.15, 0.2) is 0 Å². The molecule has 0 saturated carbocycles. The van der Waals surface area contributed by atoms with Crippen molar-refractivity contribution in [2.24, 2.45) is 0 Å². The van der Waals surface area contributed by atoms with Crippen molar-refractivity contribution >= 4 is 5.91 Å². The van der Waals surface area contributed by atoms with Gasteiger partial charge in [-0.15, -0.1) is 5.59 Å². The van der Waals surface area contributed by atoms with E-state index in [-0.39, 0.29) is 5.91 Å². The molecule has 0 rings (SSSR count). The third-order valence-corrected chi connectivity index (χ3v) is 0.232. The summed E-state index contributed by atoms with van der Waals surface area (Å²) in [4.78, 5) is 9.71. The van der Waals surface area contributed by atoms with Gasteiger partial charge in [0, 0.05) is 6.92 Å². The molecule has 6 heavy (non-hydrogen) atoms. The third-order valence-electron chi connectivity index (χ3n) is 0.232. The van der Waals surface area contributed by atoms with E-state index in [2.05, 4.69) is 0 Å². The molecule has 0 aliphatic heterocycles. The number of carbonyl (C=O) groups excluding carboxylic acids is 1. The monoisotopic (exact) mass is 90.0 g/mol. The van der Waals surface area contributed by atoms with E-state index in [1.165, 1.54) is 12.5 Å². The van der Waals surface area contributed by atoms with Gasteiger partial charge in [-0.2, -0.15) is 0 Å². The van der Waals surface area contributed by atoms with Crippen molar-refractivity contribution in [1.82, 2.24) is 11.0 Å². The van der Waals surface area contributed by atoms with Gasteiger partial charge in [0.2, 0.25) is 5.91 Å². The lowest BCUT2D eigenvalue weighted by Gasteiger charge is -1.90. The Labute approximate surface area is 35.1 Å². The Morgan fingerprint density at radius 3 is 2.33 bits per heavy atom. The summed E-state index contributed by atoms with van der Waals surface area (Å²) in [7, 11) is 0. The normalized spacial score (nSPS) is 7.67. The summed E-state index contributed by atoms with van der Waals surface area (Å²) >= 11 is 0. The van der Waals surface area contributed by atoms with Gasteiger partial charge in [-0.25, -0.2) is 0 Å². The molecule has 0 heterocycles. The molecular weight excluding hydrogens is 84.0 g/mol. The van der Waals surface area contributed by atoms with Crippen molar-refractivity contribution < 1.29 is 10.0 Å². The molecule has 1 amide bonds. The average molecular weight is 90.1 g/mol. The number of nitrogens with one attached hydrogen (secondary N) is 2. The molecule has 0 aromatic rings. The quantitative estimate of drug-likeness (QED) is 0.362. The van der Waals surface area contributed by atoms with Gasteiger partial charge < -0.3 is 0 Å². The fourth-order valence-corrected chi connectivity index (χ4v) is 0.0787. The van der Waals surface area contributed by atoms with Crippen molar-refractivity contribution in [3.63, 3.8) is 0 Å². The van der Waals surface area contributed by atoms with Crippen LogP contribution in [0.2, 0.25) is 0 Å². The van der Waals surface area contributed by atoms with Gasteiger partial charge in [0.1, 0.15) is 0 Å². The summed E-state index contributed by atoms with van der Waals surface area (Å²) in [5.41, 5.74) is 3.34.